The van der Waals surface area contributed by atoms with Crippen LogP contribution in [0.2, 0.25) is 0 Å². The minimum atomic E-state index is 0.167. The average molecular weight is 275 g/mol. The lowest BCUT2D eigenvalue weighted by molar-refractivity contribution is -0.118. The maximum atomic E-state index is 12.0. The molecule has 3 heteroatoms. The van der Waals surface area contributed by atoms with Crippen LogP contribution in [0.15, 0.2) is 30.3 Å². The molecule has 0 atom stereocenters. The van der Waals surface area contributed by atoms with Crippen molar-refractivity contribution in [2.75, 3.05) is 11.9 Å². The van der Waals surface area contributed by atoms with Crippen LogP contribution in [0.1, 0.15) is 51.9 Å². The highest BCUT2D eigenvalue weighted by Gasteiger charge is 2.09. The Morgan fingerprint density at radius 3 is 2.05 bits per heavy atom. The van der Waals surface area contributed by atoms with E-state index in [0.29, 0.717) is 12.8 Å². The molecule has 0 spiro atoms. The number of para-hydroxylation sites is 1. The molecule has 0 aliphatic carbocycles. The monoisotopic (exact) mass is 275 g/mol. The first-order valence-corrected chi connectivity index (χ1v) is 7.42. The Hall–Kier alpha value is -1.64. The number of carbonyl (C=O) groups is 2. The number of amides is 1. The summed E-state index contributed by atoms with van der Waals surface area (Å²) in [6.07, 6.45) is 6.45. The fourth-order valence-corrected chi connectivity index (χ4v) is 2.14. The Labute approximate surface area is 122 Å². The lowest BCUT2D eigenvalue weighted by Gasteiger charge is -2.17. The molecule has 1 rings (SSSR count). The molecule has 110 valence electrons. The van der Waals surface area contributed by atoms with Gasteiger partial charge in [0, 0.05) is 25.6 Å². The molecule has 0 bridgehead atoms. The van der Waals surface area contributed by atoms with Gasteiger partial charge in [0.05, 0.1) is 0 Å². The number of benzene rings is 1. The first-order chi connectivity index (χ1) is 9.61. The highest BCUT2D eigenvalue weighted by atomic mass is 16.2. The van der Waals surface area contributed by atoms with Crippen molar-refractivity contribution in [1.82, 2.24) is 0 Å². The summed E-state index contributed by atoms with van der Waals surface area (Å²) < 4.78 is 0. The van der Waals surface area contributed by atoms with Crippen LogP contribution in [0.5, 0.6) is 0 Å². The molecular formula is C17H25NO2. The van der Waals surface area contributed by atoms with Crippen LogP contribution in [-0.2, 0) is 9.59 Å². The van der Waals surface area contributed by atoms with Crippen molar-refractivity contribution in [3.63, 3.8) is 0 Å². The molecule has 0 unspecified atom stereocenters. The van der Waals surface area contributed by atoms with Crippen LogP contribution in [-0.4, -0.2) is 18.7 Å². The lowest BCUT2D eigenvalue weighted by atomic mass is 10.1. The summed E-state index contributed by atoms with van der Waals surface area (Å²) in [4.78, 5) is 24.5. The number of hydrogen-bond donors (Lipinski definition) is 0. The van der Waals surface area contributed by atoms with E-state index in [1.807, 2.05) is 37.4 Å². The van der Waals surface area contributed by atoms with Gasteiger partial charge in [0.2, 0.25) is 5.91 Å². The third-order valence-electron chi connectivity index (χ3n) is 3.44. The van der Waals surface area contributed by atoms with E-state index in [2.05, 4.69) is 0 Å². The highest BCUT2D eigenvalue weighted by molar-refractivity contribution is 5.92. The molecule has 0 aliphatic rings. The second-order valence-corrected chi connectivity index (χ2v) is 5.26. The molecule has 0 heterocycles. The summed E-state index contributed by atoms with van der Waals surface area (Å²) in [6, 6.07) is 9.71. The average Bonchev–Trinajstić information content (AvgIpc) is 2.45. The SMILES string of the molecule is CC(=O)CCCCCCCC(=O)N(C)c1ccccc1. The predicted octanol–water partition coefficient (Wildman–Crippen LogP) is 3.97. The van der Waals surface area contributed by atoms with Gasteiger partial charge in [0.15, 0.2) is 0 Å². The number of rotatable bonds is 9. The van der Waals surface area contributed by atoms with Crippen LogP contribution in [0.3, 0.4) is 0 Å². The Bertz CT molecular complexity index is 414. The smallest absolute Gasteiger partial charge is 0.226 e. The Balaban J connectivity index is 2.13. The molecule has 0 aromatic heterocycles. The number of nitrogens with zero attached hydrogens (tertiary/aromatic N) is 1. The van der Waals surface area contributed by atoms with Crippen LogP contribution < -0.4 is 4.90 Å². The largest absolute Gasteiger partial charge is 0.316 e. The number of anilines is 1. The van der Waals surface area contributed by atoms with Crippen molar-refractivity contribution in [3.8, 4) is 0 Å². The van der Waals surface area contributed by atoms with Crippen molar-refractivity contribution in [2.24, 2.45) is 0 Å². The number of unbranched alkanes of at least 4 members (excludes halogenated alkanes) is 4. The lowest BCUT2D eigenvalue weighted by Crippen LogP contribution is -2.25. The van der Waals surface area contributed by atoms with Crippen molar-refractivity contribution >= 4 is 17.4 Å². The van der Waals surface area contributed by atoms with Gasteiger partial charge in [-0.3, -0.25) is 4.79 Å². The van der Waals surface area contributed by atoms with Gasteiger partial charge < -0.3 is 9.69 Å². The third-order valence-corrected chi connectivity index (χ3v) is 3.44. The fraction of sp³-hybridized carbons (Fsp3) is 0.529. The standard InChI is InChI=1S/C17H25NO2/c1-15(19)11-7-4-3-5-10-14-17(20)18(2)16-12-8-6-9-13-16/h6,8-9,12-13H,3-5,7,10-11,14H2,1-2H3. The zero-order valence-electron chi connectivity index (χ0n) is 12.6. The highest BCUT2D eigenvalue weighted by Crippen LogP contribution is 2.14. The van der Waals surface area contributed by atoms with Crippen molar-refractivity contribution in [2.45, 2.75) is 51.9 Å². The summed E-state index contributed by atoms with van der Waals surface area (Å²) in [5, 5.41) is 0. The minimum Gasteiger partial charge on any atom is -0.316 e. The maximum Gasteiger partial charge on any atom is 0.226 e. The Morgan fingerprint density at radius 1 is 0.900 bits per heavy atom. The molecule has 3 nitrogen and oxygen atoms in total. The zero-order valence-corrected chi connectivity index (χ0v) is 12.6. The van der Waals surface area contributed by atoms with Gasteiger partial charge in [-0.25, -0.2) is 0 Å². The van der Waals surface area contributed by atoms with E-state index < -0.39 is 0 Å². The molecule has 1 aromatic carbocycles. The molecule has 0 saturated heterocycles. The van der Waals surface area contributed by atoms with E-state index in [4.69, 9.17) is 0 Å². The van der Waals surface area contributed by atoms with E-state index >= 15 is 0 Å². The van der Waals surface area contributed by atoms with Crippen molar-refractivity contribution in [3.05, 3.63) is 30.3 Å². The third kappa shape index (κ3) is 6.50. The second-order valence-electron chi connectivity index (χ2n) is 5.26. The first kappa shape index (κ1) is 16.4. The molecule has 0 N–H and O–H groups in total. The molecule has 1 amide bonds. The topological polar surface area (TPSA) is 37.4 Å². The predicted molar refractivity (Wildman–Crippen MR) is 82.9 cm³/mol. The fourth-order valence-electron chi connectivity index (χ4n) is 2.14. The van der Waals surface area contributed by atoms with E-state index in [0.717, 1.165) is 37.8 Å². The van der Waals surface area contributed by atoms with Crippen LogP contribution >= 0.6 is 0 Å². The van der Waals surface area contributed by atoms with E-state index in [1.54, 1.807) is 11.8 Å². The number of carbonyl (C=O) groups excluding carboxylic acids is 2. The van der Waals surface area contributed by atoms with Crippen LogP contribution in [0.25, 0.3) is 0 Å². The quantitative estimate of drug-likeness (QED) is 0.639. The normalized spacial score (nSPS) is 10.3. The van der Waals surface area contributed by atoms with E-state index in [1.165, 1.54) is 0 Å². The number of Topliss-reactive ketones (excluding diaryl/α,β-unsaturated/α-hetero) is 1. The number of ketones is 1. The van der Waals surface area contributed by atoms with Crippen LogP contribution in [0.4, 0.5) is 5.69 Å². The van der Waals surface area contributed by atoms with E-state index in [9.17, 15) is 9.59 Å². The molecule has 1 aromatic rings. The summed E-state index contributed by atoms with van der Waals surface area (Å²) in [7, 11) is 1.82. The minimum absolute atomic E-state index is 0.167. The summed E-state index contributed by atoms with van der Waals surface area (Å²) in [5.41, 5.74) is 0.943. The molecule has 0 aliphatic heterocycles. The summed E-state index contributed by atoms with van der Waals surface area (Å²) >= 11 is 0. The Morgan fingerprint density at radius 2 is 1.45 bits per heavy atom. The van der Waals surface area contributed by atoms with Crippen LogP contribution in [0, 0.1) is 0 Å². The number of hydrogen-bond acceptors (Lipinski definition) is 2. The summed E-state index contributed by atoms with van der Waals surface area (Å²) in [5.74, 6) is 0.435. The van der Waals surface area contributed by atoms with Crippen molar-refractivity contribution < 1.29 is 9.59 Å². The second kappa shape index (κ2) is 9.29. The van der Waals surface area contributed by atoms with Gasteiger partial charge in [-0.2, -0.15) is 0 Å². The molecule has 0 saturated carbocycles. The molecule has 20 heavy (non-hydrogen) atoms. The molecule has 0 fully saturated rings. The van der Waals surface area contributed by atoms with Gasteiger partial charge >= 0.3 is 0 Å². The van der Waals surface area contributed by atoms with Gasteiger partial charge in [-0.05, 0) is 31.9 Å². The molecule has 0 radical (unpaired) electrons. The summed E-state index contributed by atoms with van der Waals surface area (Å²) in [6.45, 7) is 1.64. The zero-order chi connectivity index (χ0) is 14.8. The Kier molecular flexibility index (Phi) is 7.63. The van der Waals surface area contributed by atoms with Gasteiger partial charge in [-0.1, -0.05) is 37.5 Å². The molecular weight excluding hydrogens is 250 g/mol. The van der Waals surface area contributed by atoms with Gasteiger partial charge in [-0.15, -0.1) is 0 Å². The maximum absolute atomic E-state index is 12.0. The van der Waals surface area contributed by atoms with Gasteiger partial charge in [0.1, 0.15) is 5.78 Å². The first-order valence-electron chi connectivity index (χ1n) is 7.42. The van der Waals surface area contributed by atoms with E-state index in [-0.39, 0.29) is 11.7 Å². The van der Waals surface area contributed by atoms with Crippen molar-refractivity contribution in [1.29, 1.82) is 0 Å². The van der Waals surface area contributed by atoms with Gasteiger partial charge in [0.25, 0.3) is 0 Å².